The van der Waals surface area contributed by atoms with Crippen LogP contribution in [0.1, 0.15) is 18.4 Å². The molecule has 0 aliphatic rings. The van der Waals surface area contributed by atoms with E-state index in [0.29, 0.717) is 11.1 Å². The molecule has 0 nitrogen and oxygen atoms in total. The zero-order valence-corrected chi connectivity index (χ0v) is 9.66. The van der Waals surface area contributed by atoms with Gasteiger partial charge in [0, 0.05) is 11.5 Å². The highest BCUT2D eigenvalue weighted by Gasteiger charge is 2.09. The Morgan fingerprint density at radius 1 is 1.06 bits per heavy atom. The average molecular weight is 232 g/mol. The minimum Gasteiger partial charge on any atom is -0.250 e. The van der Waals surface area contributed by atoms with Crippen LogP contribution in [0, 0.1) is 5.82 Å². The molecule has 2 rings (SSSR count). The summed E-state index contributed by atoms with van der Waals surface area (Å²) in [6.07, 6.45) is 0. The summed E-state index contributed by atoms with van der Waals surface area (Å²) in [6, 6.07) is 14.3. The molecule has 0 radical (unpaired) electrons. The van der Waals surface area contributed by atoms with Crippen molar-refractivity contribution in [3.8, 4) is 11.1 Å². The Balaban J connectivity index is 2.39. The van der Waals surface area contributed by atoms with Crippen molar-refractivity contribution in [1.82, 2.24) is 0 Å². The Morgan fingerprint density at radius 2 is 1.76 bits per heavy atom. The van der Waals surface area contributed by atoms with E-state index in [1.807, 2.05) is 30.3 Å². The fourth-order valence-corrected chi connectivity index (χ4v) is 1.78. The molecule has 88 valence electrons. The lowest BCUT2D eigenvalue weighted by atomic mass is 9.98. The van der Waals surface area contributed by atoms with Crippen LogP contribution < -0.4 is 0 Å². The SMILES string of the molecule is C[C@H](CF)c1ccc(-c2ccccc2)c(F)c1. The van der Waals surface area contributed by atoms with E-state index >= 15 is 0 Å². The molecule has 0 heterocycles. The number of halogens is 2. The second kappa shape index (κ2) is 5.09. The third-order valence-corrected chi connectivity index (χ3v) is 2.88. The smallest absolute Gasteiger partial charge is 0.131 e. The second-order valence-corrected chi connectivity index (χ2v) is 4.16. The van der Waals surface area contributed by atoms with Gasteiger partial charge in [0.05, 0.1) is 6.67 Å². The molecule has 0 bridgehead atoms. The Bertz CT molecular complexity index is 492. The number of hydrogen-bond donors (Lipinski definition) is 0. The molecule has 0 N–H and O–H groups in total. The van der Waals surface area contributed by atoms with Crippen molar-refractivity contribution in [2.45, 2.75) is 12.8 Å². The number of benzene rings is 2. The van der Waals surface area contributed by atoms with Crippen LogP contribution in [0.3, 0.4) is 0 Å². The van der Waals surface area contributed by atoms with Gasteiger partial charge in [-0.25, -0.2) is 4.39 Å². The largest absolute Gasteiger partial charge is 0.250 e. The van der Waals surface area contributed by atoms with Crippen molar-refractivity contribution in [3.63, 3.8) is 0 Å². The van der Waals surface area contributed by atoms with E-state index in [1.54, 1.807) is 19.1 Å². The van der Waals surface area contributed by atoms with Crippen LogP contribution in [0.15, 0.2) is 48.5 Å². The monoisotopic (exact) mass is 232 g/mol. The molecule has 17 heavy (non-hydrogen) atoms. The summed E-state index contributed by atoms with van der Waals surface area (Å²) in [5.74, 6) is -0.552. The maximum atomic E-state index is 13.9. The minimum absolute atomic E-state index is 0.255. The Hall–Kier alpha value is -1.70. The fourth-order valence-electron chi connectivity index (χ4n) is 1.78. The summed E-state index contributed by atoms with van der Waals surface area (Å²) in [7, 11) is 0. The van der Waals surface area contributed by atoms with Gasteiger partial charge in [0.2, 0.25) is 0 Å². The third kappa shape index (κ3) is 2.52. The van der Waals surface area contributed by atoms with Gasteiger partial charge in [0.1, 0.15) is 5.82 Å². The maximum absolute atomic E-state index is 13.9. The van der Waals surface area contributed by atoms with Gasteiger partial charge < -0.3 is 0 Å². The molecular weight excluding hydrogens is 218 g/mol. The first-order valence-electron chi connectivity index (χ1n) is 5.63. The standard InChI is InChI=1S/C15H14F2/c1-11(10-16)13-7-8-14(15(17)9-13)12-5-3-2-4-6-12/h2-9,11H,10H2,1H3/t11-/m1/s1. The van der Waals surface area contributed by atoms with E-state index < -0.39 is 6.67 Å². The molecule has 0 saturated carbocycles. The lowest BCUT2D eigenvalue weighted by Crippen LogP contribution is -1.97. The fraction of sp³-hybridized carbons (Fsp3) is 0.200. The molecule has 0 aromatic heterocycles. The Kier molecular flexibility index (Phi) is 3.52. The van der Waals surface area contributed by atoms with Crippen molar-refractivity contribution in [2.24, 2.45) is 0 Å². The quantitative estimate of drug-likeness (QED) is 0.727. The van der Waals surface area contributed by atoms with E-state index in [9.17, 15) is 8.78 Å². The second-order valence-electron chi connectivity index (χ2n) is 4.16. The molecule has 0 spiro atoms. The van der Waals surface area contributed by atoms with Crippen LogP contribution in [0.25, 0.3) is 11.1 Å². The molecule has 0 fully saturated rings. The van der Waals surface area contributed by atoms with Crippen molar-refractivity contribution in [3.05, 3.63) is 59.9 Å². The molecule has 0 unspecified atom stereocenters. The first kappa shape index (κ1) is 11.8. The zero-order valence-electron chi connectivity index (χ0n) is 9.66. The number of alkyl halides is 1. The van der Waals surface area contributed by atoms with E-state index in [-0.39, 0.29) is 11.7 Å². The maximum Gasteiger partial charge on any atom is 0.131 e. The summed E-state index contributed by atoms with van der Waals surface area (Å²) in [5, 5.41) is 0. The Labute approximate surface area is 99.9 Å². The minimum atomic E-state index is -0.468. The van der Waals surface area contributed by atoms with Gasteiger partial charge in [-0.3, -0.25) is 4.39 Å². The first-order valence-corrected chi connectivity index (χ1v) is 5.63. The summed E-state index contributed by atoms with van der Waals surface area (Å²) >= 11 is 0. The summed E-state index contributed by atoms with van der Waals surface area (Å²) in [4.78, 5) is 0. The van der Waals surface area contributed by atoms with Gasteiger partial charge in [-0.05, 0) is 17.2 Å². The number of rotatable bonds is 3. The van der Waals surface area contributed by atoms with Crippen LogP contribution >= 0.6 is 0 Å². The van der Waals surface area contributed by atoms with Crippen LogP contribution in [-0.4, -0.2) is 6.67 Å². The van der Waals surface area contributed by atoms with Crippen molar-refractivity contribution in [1.29, 1.82) is 0 Å². The third-order valence-electron chi connectivity index (χ3n) is 2.88. The topological polar surface area (TPSA) is 0 Å². The van der Waals surface area contributed by atoms with Crippen LogP contribution in [-0.2, 0) is 0 Å². The van der Waals surface area contributed by atoms with E-state index in [2.05, 4.69) is 0 Å². The lowest BCUT2D eigenvalue weighted by Gasteiger charge is -2.10. The van der Waals surface area contributed by atoms with E-state index in [4.69, 9.17) is 0 Å². The lowest BCUT2D eigenvalue weighted by molar-refractivity contribution is 0.446. The summed E-state index contributed by atoms with van der Waals surface area (Å²) < 4.78 is 26.4. The van der Waals surface area contributed by atoms with Gasteiger partial charge in [-0.2, -0.15) is 0 Å². The molecule has 1 atom stereocenters. The average Bonchev–Trinajstić information content (AvgIpc) is 2.38. The van der Waals surface area contributed by atoms with Crippen molar-refractivity contribution < 1.29 is 8.78 Å². The Morgan fingerprint density at radius 3 is 2.35 bits per heavy atom. The van der Waals surface area contributed by atoms with Gasteiger partial charge in [0.25, 0.3) is 0 Å². The molecule has 2 aromatic carbocycles. The van der Waals surface area contributed by atoms with E-state index in [1.165, 1.54) is 6.07 Å². The highest BCUT2D eigenvalue weighted by Crippen LogP contribution is 2.26. The van der Waals surface area contributed by atoms with E-state index in [0.717, 1.165) is 5.56 Å². The highest BCUT2D eigenvalue weighted by atomic mass is 19.1. The molecule has 0 saturated heterocycles. The van der Waals surface area contributed by atoms with Gasteiger partial charge >= 0.3 is 0 Å². The predicted octanol–water partition coefficient (Wildman–Crippen LogP) is 4.57. The normalized spacial score (nSPS) is 12.4. The van der Waals surface area contributed by atoms with Gasteiger partial charge in [0.15, 0.2) is 0 Å². The molecule has 2 heteroatoms. The predicted molar refractivity (Wildman–Crippen MR) is 66.2 cm³/mol. The van der Waals surface area contributed by atoms with Crippen LogP contribution in [0.4, 0.5) is 8.78 Å². The van der Waals surface area contributed by atoms with Crippen molar-refractivity contribution >= 4 is 0 Å². The number of hydrogen-bond acceptors (Lipinski definition) is 0. The molecule has 2 aromatic rings. The van der Waals surface area contributed by atoms with Crippen molar-refractivity contribution in [2.75, 3.05) is 6.67 Å². The van der Waals surface area contributed by atoms with Gasteiger partial charge in [-0.15, -0.1) is 0 Å². The van der Waals surface area contributed by atoms with Crippen LogP contribution in [0.5, 0.6) is 0 Å². The molecule has 0 aliphatic heterocycles. The van der Waals surface area contributed by atoms with Gasteiger partial charge in [-0.1, -0.05) is 49.4 Å². The molecule has 0 aliphatic carbocycles. The summed E-state index contributed by atoms with van der Waals surface area (Å²) in [6.45, 7) is 1.28. The zero-order chi connectivity index (χ0) is 12.3. The summed E-state index contributed by atoms with van der Waals surface area (Å²) in [5.41, 5.74) is 2.09. The molecular formula is C15H14F2. The molecule has 0 amide bonds. The highest BCUT2D eigenvalue weighted by molar-refractivity contribution is 5.64. The van der Waals surface area contributed by atoms with Crippen LogP contribution in [0.2, 0.25) is 0 Å². The first-order chi connectivity index (χ1) is 8.22.